The predicted octanol–water partition coefficient (Wildman–Crippen LogP) is 1.71. The Labute approximate surface area is 89.9 Å². The first-order chi connectivity index (χ1) is 6.80. The highest BCUT2D eigenvalue weighted by atomic mass is 32.2. The smallest absolute Gasteiger partial charge is 0.294 e. The molecule has 0 amide bonds. The maximum absolute atomic E-state index is 11.1. The van der Waals surface area contributed by atoms with Crippen LogP contribution in [0, 0.1) is 5.92 Å². The second-order valence-corrected chi connectivity index (χ2v) is 5.33. The van der Waals surface area contributed by atoms with Crippen molar-refractivity contribution in [2.45, 2.75) is 25.2 Å². The van der Waals surface area contributed by atoms with Crippen molar-refractivity contribution in [1.82, 2.24) is 0 Å². The lowest BCUT2D eigenvalue weighted by molar-refractivity contribution is 0.481. The minimum Gasteiger partial charge on any atom is -0.399 e. The molecule has 0 atom stereocenters. The van der Waals surface area contributed by atoms with E-state index in [2.05, 4.69) is 0 Å². The summed E-state index contributed by atoms with van der Waals surface area (Å²) in [6, 6.07) is 4.39. The molecule has 1 rings (SSSR count). The van der Waals surface area contributed by atoms with Gasteiger partial charge < -0.3 is 5.73 Å². The lowest BCUT2D eigenvalue weighted by atomic mass is 10.0. The molecule has 0 radical (unpaired) electrons. The first-order valence-corrected chi connectivity index (χ1v) is 6.10. The SMILES string of the molecule is CC(C)Cc1cc(N)ccc1S(=O)(=O)O. The minimum atomic E-state index is -4.15. The zero-order valence-electron chi connectivity index (χ0n) is 8.77. The Kier molecular flexibility index (Phi) is 3.36. The molecule has 0 saturated heterocycles. The molecule has 0 saturated carbocycles. The molecule has 0 fully saturated rings. The number of anilines is 1. The summed E-state index contributed by atoms with van der Waals surface area (Å²) in [5.41, 5.74) is 6.63. The van der Waals surface area contributed by atoms with E-state index in [1.54, 1.807) is 6.07 Å². The van der Waals surface area contributed by atoms with Gasteiger partial charge in [0.2, 0.25) is 0 Å². The normalized spacial score (nSPS) is 12.0. The summed E-state index contributed by atoms with van der Waals surface area (Å²) in [7, 11) is -4.15. The van der Waals surface area contributed by atoms with Gasteiger partial charge in [-0.15, -0.1) is 0 Å². The molecular formula is C10H15NO3S. The van der Waals surface area contributed by atoms with Crippen LogP contribution in [0.25, 0.3) is 0 Å². The fourth-order valence-corrected chi connectivity index (χ4v) is 2.16. The molecule has 0 aliphatic rings. The van der Waals surface area contributed by atoms with Crippen molar-refractivity contribution in [3.8, 4) is 0 Å². The molecule has 4 nitrogen and oxygen atoms in total. The van der Waals surface area contributed by atoms with Crippen LogP contribution in [0.15, 0.2) is 23.1 Å². The maximum Gasteiger partial charge on any atom is 0.294 e. The zero-order chi connectivity index (χ0) is 11.6. The van der Waals surface area contributed by atoms with Crippen LogP contribution in [0.3, 0.4) is 0 Å². The van der Waals surface area contributed by atoms with Gasteiger partial charge in [0.25, 0.3) is 10.1 Å². The fraction of sp³-hybridized carbons (Fsp3) is 0.400. The van der Waals surface area contributed by atoms with Gasteiger partial charge in [0.05, 0.1) is 4.90 Å². The van der Waals surface area contributed by atoms with Gasteiger partial charge in [0, 0.05) is 5.69 Å². The second kappa shape index (κ2) is 4.20. The first-order valence-electron chi connectivity index (χ1n) is 4.66. The van der Waals surface area contributed by atoms with Crippen molar-refractivity contribution in [3.63, 3.8) is 0 Å². The lowest BCUT2D eigenvalue weighted by Crippen LogP contribution is -2.06. The summed E-state index contributed by atoms with van der Waals surface area (Å²) < 4.78 is 31.1. The number of hydrogen-bond donors (Lipinski definition) is 2. The summed E-state index contributed by atoms with van der Waals surface area (Å²) in [5, 5.41) is 0. The Bertz CT molecular complexity index is 452. The van der Waals surface area contributed by atoms with E-state index >= 15 is 0 Å². The highest BCUT2D eigenvalue weighted by molar-refractivity contribution is 7.85. The molecule has 0 bridgehead atoms. The fourth-order valence-electron chi connectivity index (χ4n) is 1.45. The third kappa shape index (κ3) is 3.21. The molecule has 1 aromatic rings. The Hall–Kier alpha value is -1.07. The molecule has 0 aliphatic carbocycles. The molecule has 3 N–H and O–H groups in total. The highest BCUT2D eigenvalue weighted by Crippen LogP contribution is 2.21. The maximum atomic E-state index is 11.1. The monoisotopic (exact) mass is 229 g/mol. The molecule has 0 aromatic heterocycles. The van der Waals surface area contributed by atoms with Crippen LogP contribution >= 0.6 is 0 Å². The molecule has 0 aliphatic heterocycles. The van der Waals surface area contributed by atoms with Crippen LogP contribution in [-0.4, -0.2) is 13.0 Å². The molecule has 1 aromatic carbocycles. The van der Waals surface area contributed by atoms with Crippen LogP contribution in [0.1, 0.15) is 19.4 Å². The van der Waals surface area contributed by atoms with E-state index in [1.165, 1.54) is 12.1 Å². The Morgan fingerprint density at radius 2 is 2.00 bits per heavy atom. The van der Waals surface area contributed by atoms with Crippen molar-refractivity contribution >= 4 is 15.8 Å². The highest BCUT2D eigenvalue weighted by Gasteiger charge is 2.15. The lowest BCUT2D eigenvalue weighted by Gasteiger charge is -2.10. The van der Waals surface area contributed by atoms with Crippen LogP contribution in [0.5, 0.6) is 0 Å². The van der Waals surface area contributed by atoms with Gasteiger partial charge in [-0.1, -0.05) is 13.8 Å². The van der Waals surface area contributed by atoms with Crippen LogP contribution < -0.4 is 5.73 Å². The van der Waals surface area contributed by atoms with Gasteiger partial charge >= 0.3 is 0 Å². The van der Waals surface area contributed by atoms with Gasteiger partial charge in [-0.05, 0) is 36.1 Å². The number of benzene rings is 1. The van der Waals surface area contributed by atoms with Gasteiger partial charge in [-0.3, -0.25) is 4.55 Å². The van der Waals surface area contributed by atoms with Crippen molar-refractivity contribution in [2.24, 2.45) is 5.92 Å². The largest absolute Gasteiger partial charge is 0.399 e. The van der Waals surface area contributed by atoms with E-state index in [4.69, 9.17) is 10.3 Å². The molecule has 15 heavy (non-hydrogen) atoms. The third-order valence-corrected chi connectivity index (χ3v) is 2.94. The van der Waals surface area contributed by atoms with Crippen LogP contribution in [0.4, 0.5) is 5.69 Å². The first kappa shape index (κ1) is 12.0. The average Bonchev–Trinajstić information content (AvgIpc) is 1.99. The van der Waals surface area contributed by atoms with Crippen molar-refractivity contribution in [3.05, 3.63) is 23.8 Å². The molecule has 5 heteroatoms. The third-order valence-electron chi connectivity index (χ3n) is 1.99. The average molecular weight is 229 g/mol. The number of rotatable bonds is 3. The molecule has 0 spiro atoms. The standard InChI is InChI=1S/C10H15NO3S/c1-7(2)5-8-6-9(11)3-4-10(8)15(12,13)14/h3-4,6-7H,5,11H2,1-2H3,(H,12,13,14). The predicted molar refractivity (Wildman–Crippen MR) is 59.2 cm³/mol. The second-order valence-electron chi connectivity index (χ2n) is 3.94. The van der Waals surface area contributed by atoms with Crippen molar-refractivity contribution in [1.29, 1.82) is 0 Å². The minimum absolute atomic E-state index is 0.0506. The van der Waals surface area contributed by atoms with E-state index in [-0.39, 0.29) is 4.90 Å². The van der Waals surface area contributed by atoms with E-state index in [9.17, 15) is 8.42 Å². The van der Waals surface area contributed by atoms with E-state index in [1.807, 2.05) is 13.8 Å². The van der Waals surface area contributed by atoms with Gasteiger partial charge in [-0.25, -0.2) is 0 Å². The van der Waals surface area contributed by atoms with Crippen LogP contribution in [-0.2, 0) is 16.5 Å². The summed E-state index contributed by atoms with van der Waals surface area (Å²) in [6.45, 7) is 3.94. The summed E-state index contributed by atoms with van der Waals surface area (Å²) >= 11 is 0. The quantitative estimate of drug-likeness (QED) is 0.610. The van der Waals surface area contributed by atoms with Crippen molar-refractivity contribution in [2.75, 3.05) is 5.73 Å². The number of hydrogen-bond acceptors (Lipinski definition) is 3. The van der Waals surface area contributed by atoms with E-state index in [0.717, 1.165) is 0 Å². The topological polar surface area (TPSA) is 80.4 Å². The Balaban J connectivity index is 3.27. The summed E-state index contributed by atoms with van der Waals surface area (Å²) in [6.07, 6.45) is 0.570. The Morgan fingerprint density at radius 1 is 1.40 bits per heavy atom. The zero-order valence-corrected chi connectivity index (χ0v) is 9.58. The molecule has 0 unspecified atom stereocenters. The number of nitrogen functional groups attached to an aromatic ring is 1. The number of nitrogens with two attached hydrogens (primary N) is 1. The van der Waals surface area contributed by atoms with Crippen LogP contribution in [0.2, 0.25) is 0 Å². The molecule has 0 heterocycles. The summed E-state index contributed by atoms with van der Waals surface area (Å²) in [4.78, 5) is -0.0506. The van der Waals surface area contributed by atoms with Gasteiger partial charge in [0.15, 0.2) is 0 Å². The van der Waals surface area contributed by atoms with E-state index < -0.39 is 10.1 Å². The van der Waals surface area contributed by atoms with E-state index in [0.29, 0.717) is 23.6 Å². The summed E-state index contributed by atoms with van der Waals surface area (Å²) in [5.74, 6) is 0.298. The molecular weight excluding hydrogens is 214 g/mol. The van der Waals surface area contributed by atoms with Crippen molar-refractivity contribution < 1.29 is 13.0 Å². The molecule has 84 valence electrons. The Morgan fingerprint density at radius 3 is 2.47 bits per heavy atom. The van der Waals surface area contributed by atoms with Gasteiger partial charge in [0.1, 0.15) is 0 Å². The van der Waals surface area contributed by atoms with Gasteiger partial charge in [-0.2, -0.15) is 8.42 Å².